The highest BCUT2D eigenvalue weighted by Crippen LogP contribution is 2.25. The molecule has 0 bridgehead atoms. The number of anilines is 3. The van der Waals surface area contributed by atoms with E-state index in [2.05, 4.69) is 30.9 Å². The number of benzene rings is 1. The first-order valence-electron chi connectivity index (χ1n) is 7.39. The second-order valence-electron chi connectivity index (χ2n) is 4.92. The third-order valence-corrected chi connectivity index (χ3v) is 3.15. The zero-order valence-electron chi connectivity index (χ0n) is 12.9. The number of nitrogens with one attached hydrogen (secondary N) is 3. The summed E-state index contributed by atoms with van der Waals surface area (Å²) < 4.78 is 0. The third kappa shape index (κ3) is 3.49. The van der Waals surface area contributed by atoms with Crippen molar-refractivity contribution in [2.24, 2.45) is 0 Å². The molecule has 24 heavy (non-hydrogen) atoms. The second kappa shape index (κ2) is 6.78. The summed E-state index contributed by atoms with van der Waals surface area (Å²) in [6.07, 6.45) is 1.47. The molecular weight excluding hydrogens is 308 g/mol. The minimum absolute atomic E-state index is 0.122. The molecular formula is C16H16N6O2. The van der Waals surface area contributed by atoms with Crippen LogP contribution in [0.2, 0.25) is 0 Å². The minimum Gasteiger partial charge on any atom is -0.506 e. The lowest BCUT2D eigenvalue weighted by Gasteiger charge is -2.08. The molecule has 0 aliphatic heterocycles. The number of hydrogen-bond donors (Lipinski definition) is 4. The number of pyridine rings is 1. The van der Waals surface area contributed by atoms with Crippen molar-refractivity contribution >= 4 is 34.5 Å². The fourth-order valence-corrected chi connectivity index (χ4v) is 2.07. The molecule has 8 nitrogen and oxygen atoms in total. The number of fused-ring (bicyclic) bond motifs is 1. The monoisotopic (exact) mass is 324 g/mol. The molecule has 8 heteroatoms. The molecule has 0 aliphatic carbocycles. The van der Waals surface area contributed by atoms with Crippen LogP contribution in [0.4, 0.5) is 22.1 Å². The Balaban J connectivity index is 1.86. The van der Waals surface area contributed by atoms with Gasteiger partial charge in [-0.1, -0.05) is 12.1 Å². The summed E-state index contributed by atoms with van der Waals surface area (Å²) in [7, 11) is 0. The Morgan fingerprint density at radius 3 is 2.71 bits per heavy atom. The maximum Gasteiger partial charge on any atom is 0.320 e. The van der Waals surface area contributed by atoms with Gasteiger partial charge in [0, 0.05) is 6.54 Å². The lowest BCUT2D eigenvalue weighted by atomic mass is 10.3. The van der Waals surface area contributed by atoms with Crippen LogP contribution in [-0.4, -0.2) is 32.6 Å². The normalized spacial score (nSPS) is 10.4. The number of phenolic OH excluding ortho intramolecular Hbond substituents is 1. The highest BCUT2D eigenvalue weighted by atomic mass is 16.3. The molecule has 0 radical (unpaired) electrons. The lowest BCUT2D eigenvalue weighted by molar-refractivity contribution is 0.252. The molecule has 0 saturated carbocycles. The van der Waals surface area contributed by atoms with Crippen LogP contribution in [0.15, 0.2) is 42.6 Å². The second-order valence-corrected chi connectivity index (χ2v) is 4.92. The van der Waals surface area contributed by atoms with E-state index < -0.39 is 0 Å². The Bertz CT molecular complexity index is 883. The Morgan fingerprint density at radius 2 is 1.92 bits per heavy atom. The fourth-order valence-electron chi connectivity index (χ4n) is 2.07. The van der Waals surface area contributed by atoms with Crippen molar-refractivity contribution < 1.29 is 9.90 Å². The van der Waals surface area contributed by atoms with Gasteiger partial charge < -0.3 is 15.7 Å². The van der Waals surface area contributed by atoms with Crippen molar-refractivity contribution in [3.05, 3.63) is 42.6 Å². The van der Waals surface area contributed by atoms with Gasteiger partial charge in [-0.3, -0.25) is 5.32 Å². The van der Waals surface area contributed by atoms with E-state index >= 15 is 0 Å². The van der Waals surface area contributed by atoms with Gasteiger partial charge in [0.05, 0.1) is 11.9 Å². The summed E-state index contributed by atoms with van der Waals surface area (Å²) >= 11 is 0. The molecule has 0 aliphatic rings. The van der Waals surface area contributed by atoms with E-state index in [1.807, 2.05) is 6.92 Å². The van der Waals surface area contributed by atoms with E-state index in [9.17, 15) is 9.90 Å². The SMILES string of the molecule is CCNC(=O)Nc1cnc2ccc(Nc3ccccc3O)nc2n1. The van der Waals surface area contributed by atoms with Crippen LogP contribution in [0.5, 0.6) is 5.75 Å². The quantitative estimate of drug-likeness (QED) is 0.549. The number of para-hydroxylation sites is 2. The molecule has 2 amide bonds. The van der Waals surface area contributed by atoms with Crippen molar-refractivity contribution in [2.45, 2.75) is 6.92 Å². The van der Waals surface area contributed by atoms with Gasteiger partial charge in [0.15, 0.2) is 11.5 Å². The first-order valence-corrected chi connectivity index (χ1v) is 7.39. The Labute approximate surface area is 138 Å². The molecule has 0 fully saturated rings. The number of carbonyl (C=O) groups is 1. The summed E-state index contributed by atoms with van der Waals surface area (Å²) in [6, 6.07) is 10.00. The predicted octanol–water partition coefficient (Wildman–Crippen LogP) is 2.62. The zero-order chi connectivity index (χ0) is 16.9. The van der Waals surface area contributed by atoms with E-state index in [0.29, 0.717) is 35.0 Å². The van der Waals surface area contributed by atoms with Gasteiger partial charge in [0.1, 0.15) is 17.1 Å². The number of urea groups is 1. The van der Waals surface area contributed by atoms with Crippen molar-refractivity contribution in [1.82, 2.24) is 20.3 Å². The number of hydrogen-bond acceptors (Lipinski definition) is 6. The van der Waals surface area contributed by atoms with Crippen LogP contribution in [0.25, 0.3) is 11.2 Å². The van der Waals surface area contributed by atoms with Crippen LogP contribution in [0, 0.1) is 0 Å². The molecule has 3 rings (SSSR count). The summed E-state index contributed by atoms with van der Waals surface area (Å²) in [6.45, 7) is 2.34. The van der Waals surface area contributed by atoms with E-state index in [1.54, 1.807) is 36.4 Å². The number of aromatic nitrogens is 3. The zero-order valence-corrected chi connectivity index (χ0v) is 12.9. The number of carbonyl (C=O) groups excluding carboxylic acids is 1. The third-order valence-electron chi connectivity index (χ3n) is 3.15. The number of amides is 2. The number of nitrogens with zero attached hydrogens (tertiary/aromatic N) is 3. The molecule has 3 aromatic rings. The van der Waals surface area contributed by atoms with Gasteiger partial charge in [-0.2, -0.15) is 0 Å². The van der Waals surface area contributed by atoms with Crippen LogP contribution < -0.4 is 16.0 Å². The van der Waals surface area contributed by atoms with Crippen LogP contribution >= 0.6 is 0 Å². The van der Waals surface area contributed by atoms with Crippen LogP contribution in [0.3, 0.4) is 0 Å². The molecule has 2 aromatic heterocycles. The average Bonchev–Trinajstić information content (AvgIpc) is 2.57. The van der Waals surface area contributed by atoms with Crippen molar-refractivity contribution in [3.63, 3.8) is 0 Å². The molecule has 1 aromatic carbocycles. The standard InChI is InChI=1S/C16H16N6O2/c1-2-17-16(24)22-14-9-18-11-7-8-13(20-15(11)21-14)19-10-5-3-4-6-12(10)23/h3-9,23H,2H2,1H3,(H3,17,19,20,21,22,24). The van der Waals surface area contributed by atoms with E-state index in [4.69, 9.17) is 0 Å². The smallest absolute Gasteiger partial charge is 0.320 e. The first-order chi connectivity index (χ1) is 11.7. The topological polar surface area (TPSA) is 112 Å². The number of rotatable bonds is 4. The van der Waals surface area contributed by atoms with Crippen molar-refractivity contribution in [3.8, 4) is 5.75 Å². The molecule has 0 atom stereocenters. The van der Waals surface area contributed by atoms with Crippen LogP contribution in [-0.2, 0) is 0 Å². The molecule has 0 unspecified atom stereocenters. The number of phenols is 1. The van der Waals surface area contributed by atoms with Crippen LogP contribution in [0.1, 0.15) is 6.92 Å². The number of aromatic hydroxyl groups is 1. The van der Waals surface area contributed by atoms with Gasteiger partial charge in [-0.25, -0.2) is 19.7 Å². The van der Waals surface area contributed by atoms with Gasteiger partial charge >= 0.3 is 6.03 Å². The largest absolute Gasteiger partial charge is 0.506 e. The van der Waals surface area contributed by atoms with E-state index in [1.165, 1.54) is 6.20 Å². The molecule has 122 valence electrons. The average molecular weight is 324 g/mol. The summed E-state index contributed by atoms with van der Waals surface area (Å²) in [5.41, 5.74) is 1.51. The fraction of sp³-hybridized carbons (Fsp3) is 0.125. The summed E-state index contributed by atoms with van der Waals surface area (Å²) in [5, 5.41) is 18.0. The molecule has 0 saturated heterocycles. The predicted molar refractivity (Wildman–Crippen MR) is 91.4 cm³/mol. The van der Waals surface area contributed by atoms with Gasteiger partial charge in [0.2, 0.25) is 0 Å². The molecule has 4 N–H and O–H groups in total. The van der Waals surface area contributed by atoms with Gasteiger partial charge in [-0.15, -0.1) is 0 Å². The van der Waals surface area contributed by atoms with Crippen molar-refractivity contribution in [2.75, 3.05) is 17.2 Å². The van der Waals surface area contributed by atoms with Crippen molar-refractivity contribution in [1.29, 1.82) is 0 Å². The van der Waals surface area contributed by atoms with E-state index in [0.717, 1.165) is 0 Å². The lowest BCUT2D eigenvalue weighted by Crippen LogP contribution is -2.28. The Hall–Kier alpha value is -3.42. The van der Waals surface area contributed by atoms with Gasteiger partial charge in [-0.05, 0) is 31.2 Å². The Kier molecular flexibility index (Phi) is 4.37. The van der Waals surface area contributed by atoms with E-state index in [-0.39, 0.29) is 11.8 Å². The maximum atomic E-state index is 11.5. The highest BCUT2D eigenvalue weighted by molar-refractivity contribution is 5.89. The summed E-state index contributed by atoms with van der Waals surface area (Å²) in [4.78, 5) is 24.4. The highest BCUT2D eigenvalue weighted by Gasteiger charge is 2.07. The first kappa shape index (κ1) is 15.5. The maximum absolute atomic E-state index is 11.5. The summed E-state index contributed by atoms with van der Waals surface area (Å²) in [5.74, 6) is 0.936. The molecule has 2 heterocycles. The van der Waals surface area contributed by atoms with Gasteiger partial charge in [0.25, 0.3) is 0 Å². The minimum atomic E-state index is -0.352. The molecule has 0 spiro atoms. The Morgan fingerprint density at radius 1 is 1.12 bits per heavy atom.